The maximum absolute atomic E-state index is 13.5. The molecule has 0 spiro atoms. The van der Waals surface area contributed by atoms with Gasteiger partial charge in [0.25, 0.3) is 0 Å². The molecule has 2 aromatic carbocycles. The van der Waals surface area contributed by atoms with E-state index in [4.69, 9.17) is 43.0 Å². The number of halogens is 3. The number of carboxylic acid groups (broad SMARTS) is 1. The fraction of sp³-hybridized carbons (Fsp3) is 0.387. The number of rotatable bonds is 17. The molecule has 4 amide bonds. The van der Waals surface area contributed by atoms with Crippen molar-refractivity contribution in [3.05, 3.63) is 71.3 Å². The van der Waals surface area contributed by atoms with Crippen LogP contribution in [-0.2, 0) is 41.7 Å². The van der Waals surface area contributed by atoms with Gasteiger partial charge in [0.05, 0.1) is 13.2 Å². The van der Waals surface area contributed by atoms with Gasteiger partial charge in [-0.3, -0.25) is 29.6 Å². The molecule has 0 aliphatic heterocycles. The Balaban J connectivity index is 0.00000161. The molecule has 0 heterocycles. The van der Waals surface area contributed by atoms with Crippen LogP contribution in [0.4, 0.5) is 13.2 Å². The fourth-order valence-corrected chi connectivity index (χ4v) is 4.05. The number of carboxylic acids is 1. The predicted molar refractivity (Wildman–Crippen MR) is 176 cm³/mol. The minimum Gasteiger partial charge on any atom is -0.475 e. The van der Waals surface area contributed by atoms with Gasteiger partial charge in [-0.2, -0.15) is 13.2 Å². The lowest BCUT2D eigenvalue weighted by atomic mass is 9.95. The second kappa shape index (κ2) is 20.6. The van der Waals surface area contributed by atoms with Gasteiger partial charge in [0.1, 0.15) is 23.8 Å². The second-order valence-electron chi connectivity index (χ2n) is 10.9. The molecular formula is C31H42F3N9O7. The summed E-state index contributed by atoms with van der Waals surface area (Å²) in [5, 5.41) is 19.9. The number of aliphatic imine (C=N–C) groups is 1. The van der Waals surface area contributed by atoms with Crippen LogP contribution in [0.15, 0.2) is 59.6 Å². The van der Waals surface area contributed by atoms with Crippen molar-refractivity contribution in [3.8, 4) is 0 Å². The van der Waals surface area contributed by atoms with E-state index in [1.807, 2.05) is 30.3 Å². The summed E-state index contributed by atoms with van der Waals surface area (Å²) in [7, 11) is 3.04. The van der Waals surface area contributed by atoms with Crippen LogP contribution < -0.4 is 33.6 Å². The molecule has 19 heteroatoms. The largest absolute Gasteiger partial charge is 0.490 e. The van der Waals surface area contributed by atoms with Gasteiger partial charge in [-0.15, -0.1) is 0 Å². The van der Waals surface area contributed by atoms with E-state index in [0.717, 1.165) is 5.56 Å². The maximum atomic E-state index is 13.5. The third-order valence-corrected chi connectivity index (χ3v) is 6.64. The summed E-state index contributed by atoms with van der Waals surface area (Å²) in [5.74, 6) is -6.83. The molecule has 0 saturated carbocycles. The van der Waals surface area contributed by atoms with E-state index in [-0.39, 0.29) is 44.4 Å². The van der Waals surface area contributed by atoms with Gasteiger partial charge in [-0.05, 0) is 30.4 Å². The highest BCUT2D eigenvalue weighted by molar-refractivity contribution is 6.02. The van der Waals surface area contributed by atoms with E-state index in [1.54, 1.807) is 24.3 Å². The topological polar surface area (TPSA) is 282 Å². The number of carbonyl (C=O) groups is 5. The van der Waals surface area contributed by atoms with Crippen molar-refractivity contribution >= 4 is 41.4 Å². The van der Waals surface area contributed by atoms with E-state index in [2.05, 4.69) is 15.6 Å². The van der Waals surface area contributed by atoms with Gasteiger partial charge >= 0.3 is 12.1 Å². The standard InChI is InChI=1S/C29H41N9O5.C2HF3O2/c1-38(2)28(42)21(15-18-10-12-20(13-11-18)24(30)31)26(40)37-23(17-43-16-19-7-4-3-5-8-19)27(41)36-22(25(32)39)9-6-14-35-29(33)34;3-2(4,5)1(6)7/h3-5,7-8,10-13,21-23H,6,9,14-17H2,1-2H3,(H3,30,31)(H2,32,39)(H,36,41)(H,37,40)(H4,33,34,35);(H,6,7)/t21?,22-,23-;/m0./s1. The Hall–Kier alpha value is -5.72. The van der Waals surface area contributed by atoms with Crippen LogP contribution in [0.25, 0.3) is 0 Å². The summed E-state index contributed by atoms with van der Waals surface area (Å²) < 4.78 is 37.5. The van der Waals surface area contributed by atoms with Crippen LogP contribution in [0.3, 0.4) is 0 Å². The smallest absolute Gasteiger partial charge is 0.475 e. The van der Waals surface area contributed by atoms with E-state index in [1.165, 1.54) is 19.0 Å². The molecule has 12 N–H and O–H groups in total. The SMILES string of the molecule is CN(C)C(=O)C(Cc1ccc(C(=N)N)cc1)C(=O)N[C@@H](COCc1ccccc1)C(=O)N[C@@H](CCCN=C(N)N)C(N)=O.O=C(O)C(F)(F)F. The van der Waals surface area contributed by atoms with Crippen molar-refractivity contribution in [2.75, 3.05) is 27.2 Å². The highest BCUT2D eigenvalue weighted by atomic mass is 19.4. The highest BCUT2D eigenvalue weighted by Gasteiger charge is 2.38. The van der Waals surface area contributed by atoms with Gasteiger partial charge in [0.15, 0.2) is 5.96 Å². The van der Waals surface area contributed by atoms with Crippen LogP contribution in [0.1, 0.15) is 29.5 Å². The van der Waals surface area contributed by atoms with Crippen molar-refractivity contribution in [2.45, 2.75) is 44.1 Å². The lowest BCUT2D eigenvalue weighted by Crippen LogP contribution is -2.56. The first-order valence-corrected chi connectivity index (χ1v) is 14.8. The number of alkyl halides is 3. The van der Waals surface area contributed by atoms with E-state index in [9.17, 15) is 32.3 Å². The summed E-state index contributed by atoms with van der Waals surface area (Å²) in [5.41, 5.74) is 23.7. The van der Waals surface area contributed by atoms with Gasteiger partial charge in [0, 0.05) is 26.2 Å². The molecule has 0 aliphatic carbocycles. The first kappa shape index (κ1) is 42.3. The fourth-order valence-electron chi connectivity index (χ4n) is 4.05. The molecular weight excluding hydrogens is 667 g/mol. The molecule has 3 atom stereocenters. The molecule has 2 rings (SSSR count). The Bertz CT molecular complexity index is 1480. The average Bonchev–Trinajstić information content (AvgIpc) is 3.04. The van der Waals surface area contributed by atoms with E-state index >= 15 is 0 Å². The first-order valence-electron chi connectivity index (χ1n) is 14.8. The number of hydrogen-bond acceptors (Lipinski definition) is 8. The van der Waals surface area contributed by atoms with Crippen LogP contribution in [0, 0.1) is 11.3 Å². The first-order chi connectivity index (χ1) is 23.3. The molecule has 0 saturated heterocycles. The van der Waals surface area contributed by atoms with E-state index in [0.29, 0.717) is 17.5 Å². The molecule has 0 aliphatic rings. The number of nitrogen functional groups attached to an aromatic ring is 1. The molecule has 0 bridgehead atoms. The van der Waals surface area contributed by atoms with Crippen LogP contribution in [-0.4, -0.2) is 96.9 Å². The number of nitrogens with one attached hydrogen (secondary N) is 3. The minimum atomic E-state index is -5.08. The number of ether oxygens (including phenoxy) is 1. The van der Waals surface area contributed by atoms with Crippen molar-refractivity contribution in [3.63, 3.8) is 0 Å². The van der Waals surface area contributed by atoms with E-state index < -0.39 is 53.8 Å². The summed E-state index contributed by atoms with van der Waals surface area (Å²) in [6.07, 6.45) is -4.55. The zero-order valence-corrected chi connectivity index (χ0v) is 27.4. The van der Waals surface area contributed by atoms with Crippen molar-refractivity contribution in [1.29, 1.82) is 5.41 Å². The van der Waals surface area contributed by atoms with Crippen molar-refractivity contribution in [2.24, 2.45) is 33.8 Å². The average molecular weight is 710 g/mol. The molecule has 0 radical (unpaired) electrons. The Kier molecular flexibility index (Phi) is 17.4. The third kappa shape index (κ3) is 15.9. The minimum absolute atomic E-state index is 0.0228. The number of carbonyl (C=O) groups excluding carboxylic acids is 4. The summed E-state index contributed by atoms with van der Waals surface area (Å²) in [4.78, 5) is 66.1. The maximum Gasteiger partial charge on any atom is 0.490 e. The molecule has 50 heavy (non-hydrogen) atoms. The summed E-state index contributed by atoms with van der Waals surface area (Å²) in [6, 6.07) is 13.5. The number of benzene rings is 2. The number of hydrogen-bond donors (Lipinski definition) is 8. The number of amidine groups is 1. The number of nitrogens with zero attached hydrogens (tertiary/aromatic N) is 2. The summed E-state index contributed by atoms with van der Waals surface area (Å²) in [6.45, 7) is 0.132. The van der Waals surface area contributed by atoms with Gasteiger partial charge in [-0.25, -0.2) is 4.79 Å². The van der Waals surface area contributed by atoms with Crippen molar-refractivity contribution in [1.82, 2.24) is 15.5 Å². The normalized spacial score (nSPS) is 12.5. The lowest BCUT2D eigenvalue weighted by molar-refractivity contribution is -0.192. The van der Waals surface area contributed by atoms with Crippen LogP contribution >= 0.6 is 0 Å². The number of aliphatic carboxylic acids is 1. The molecule has 2 aromatic rings. The molecule has 1 unspecified atom stereocenters. The van der Waals surface area contributed by atoms with Crippen LogP contribution in [0.2, 0.25) is 0 Å². The van der Waals surface area contributed by atoms with Gasteiger partial charge in [0.2, 0.25) is 23.6 Å². The Labute approximate surface area is 285 Å². The number of guanidine groups is 1. The Morgan fingerprint density at radius 3 is 1.94 bits per heavy atom. The molecule has 0 fully saturated rings. The quantitative estimate of drug-likeness (QED) is 0.0454. The van der Waals surface area contributed by atoms with Crippen molar-refractivity contribution < 1.29 is 47.0 Å². The predicted octanol–water partition coefficient (Wildman–Crippen LogP) is -0.424. The monoisotopic (exact) mass is 709 g/mol. The number of amides is 4. The van der Waals surface area contributed by atoms with Gasteiger partial charge < -0.3 is 48.3 Å². The Morgan fingerprint density at radius 2 is 1.46 bits per heavy atom. The summed E-state index contributed by atoms with van der Waals surface area (Å²) >= 11 is 0. The molecule has 274 valence electrons. The number of nitrogens with two attached hydrogens (primary N) is 4. The van der Waals surface area contributed by atoms with Gasteiger partial charge in [-0.1, -0.05) is 54.6 Å². The highest BCUT2D eigenvalue weighted by Crippen LogP contribution is 2.15. The van der Waals surface area contributed by atoms with Crippen LogP contribution in [0.5, 0.6) is 0 Å². The Morgan fingerprint density at radius 1 is 0.900 bits per heavy atom. The molecule has 16 nitrogen and oxygen atoms in total. The second-order valence-corrected chi connectivity index (χ2v) is 10.9. The molecule has 0 aromatic heterocycles. The number of primary amides is 1. The lowest BCUT2D eigenvalue weighted by Gasteiger charge is -2.25. The third-order valence-electron chi connectivity index (χ3n) is 6.64. The zero-order chi connectivity index (χ0) is 38.0. The zero-order valence-electron chi connectivity index (χ0n) is 27.4.